The number of hydrogen-bond acceptors (Lipinski definition) is 5. The second-order valence-electron chi connectivity index (χ2n) is 7.33. The van der Waals surface area contributed by atoms with Crippen molar-refractivity contribution < 1.29 is 23.9 Å². The number of anilines is 2. The Bertz CT molecular complexity index is 990. The first-order chi connectivity index (χ1) is 14.8. The third-order valence-electron chi connectivity index (χ3n) is 5.26. The largest absolute Gasteiger partial charge is 0.494 e. The van der Waals surface area contributed by atoms with Gasteiger partial charge in [-0.05, 0) is 68.3 Å². The van der Waals surface area contributed by atoms with E-state index in [-0.39, 0.29) is 18.9 Å². The standard InChI is InChI=1S/C23H25BrN2O5/c1-4-30-18-7-5-17(6-8-18)26-12-16(11-22(26)28)23(29)31-13-21(27)25-20-10-9-19(24)14(2)15(20)3/h5-10,16H,4,11-13H2,1-3H3,(H,25,27)/t16-/m0/s1. The van der Waals surface area contributed by atoms with Gasteiger partial charge < -0.3 is 19.7 Å². The number of hydrogen-bond donors (Lipinski definition) is 1. The Morgan fingerprint density at radius 2 is 1.84 bits per heavy atom. The number of rotatable bonds is 7. The van der Waals surface area contributed by atoms with E-state index in [2.05, 4.69) is 21.2 Å². The number of nitrogens with one attached hydrogen (secondary N) is 1. The van der Waals surface area contributed by atoms with E-state index in [1.165, 1.54) is 0 Å². The summed E-state index contributed by atoms with van der Waals surface area (Å²) in [6.45, 7) is 6.13. The predicted molar refractivity (Wildman–Crippen MR) is 121 cm³/mol. The van der Waals surface area contributed by atoms with E-state index in [4.69, 9.17) is 9.47 Å². The van der Waals surface area contributed by atoms with Crippen LogP contribution in [0.1, 0.15) is 24.5 Å². The lowest BCUT2D eigenvalue weighted by molar-refractivity contribution is -0.151. The number of halogens is 1. The van der Waals surface area contributed by atoms with Crippen LogP contribution in [0.3, 0.4) is 0 Å². The zero-order valence-electron chi connectivity index (χ0n) is 17.7. The monoisotopic (exact) mass is 488 g/mol. The maximum absolute atomic E-state index is 12.4. The van der Waals surface area contributed by atoms with Gasteiger partial charge in [0.05, 0.1) is 12.5 Å². The second-order valence-corrected chi connectivity index (χ2v) is 8.19. The number of carbonyl (C=O) groups is 3. The molecule has 0 saturated carbocycles. The summed E-state index contributed by atoms with van der Waals surface area (Å²) in [7, 11) is 0. The minimum atomic E-state index is -0.608. The maximum atomic E-state index is 12.4. The van der Waals surface area contributed by atoms with Crippen LogP contribution in [0.25, 0.3) is 0 Å². The van der Waals surface area contributed by atoms with Crippen molar-refractivity contribution in [3.05, 3.63) is 52.0 Å². The molecule has 1 saturated heterocycles. The molecule has 2 aromatic carbocycles. The van der Waals surface area contributed by atoms with Crippen molar-refractivity contribution >= 4 is 45.1 Å². The zero-order chi connectivity index (χ0) is 22.5. The van der Waals surface area contributed by atoms with Crippen molar-refractivity contribution in [1.82, 2.24) is 0 Å². The van der Waals surface area contributed by atoms with Gasteiger partial charge in [-0.3, -0.25) is 14.4 Å². The Hall–Kier alpha value is -2.87. The van der Waals surface area contributed by atoms with Gasteiger partial charge in [0, 0.05) is 28.8 Å². The number of carbonyl (C=O) groups excluding carboxylic acids is 3. The third kappa shape index (κ3) is 5.44. The third-order valence-corrected chi connectivity index (χ3v) is 6.12. The minimum Gasteiger partial charge on any atom is -0.494 e. The van der Waals surface area contributed by atoms with Crippen LogP contribution in [0, 0.1) is 19.8 Å². The normalized spacial score (nSPS) is 15.7. The SMILES string of the molecule is CCOc1ccc(N2C[C@@H](C(=O)OCC(=O)Nc3ccc(Br)c(C)c3C)CC2=O)cc1. The summed E-state index contributed by atoms with van der Waals surface area (Å²) in [5, 5.41) is 2.76. The van der Waals surface area contributed by atoms with Crippen LogP contribution in [0.4, 0.5) is 11.4 Å². The summed E-state index contributed by atoms with van der Waals surface area (Å²) < 4.78 is 11.5. The number of nitrogens with zero attached hydrogens (tertiary/aromatic N) is 1. The zero-order valence-corrected chi connectivity index (χ0v) is 19.3. The Morgan fingerprint density at radius 1 is 1.13 bits per heavy atom. The summed E-state index contributed by atoms with van der Waals surface area (Å²) >= 11 is 3.45. The average molecular weight is 489 g/mol. The van der Waals surface area contributed by atoms with Crippen LogP contribution in [0.2, 0.25) is 0 Å². The topological polar surface area (TPSA) is 84.9 Å². The van der Waals surface area contributed by atoms with Gasteiger partial charge in [-0.1, -0.05) is 15.9 Å². The van der Waals surface area contributed by atoms with Crippen molar-refractivity contribution in [2.75, 3.05) is 30.0 Å². The molecule has 8 heteroatoms. The van der Waals surface area contributed by atoms with Crippen molar-refractivity contribution in [3.63, 3.8) is 0 Å². The number of benzene rings is 2. The lowest BCUT2D eigenvalue weighted by Gasteiger charge is -2.17. The predicted octanol–water partition coefficient (Wildman–Crippen LogP) is 4.00. The first-order valence-electron chi connectivity index (χ1n) is 10.1. The average Bonchev–Trinajstić information content (AvgIpc) is 3.15. The van der Waals surface area contributed by atoms with Gasteiger partial charge in [0.1, 0.15) is 5.75 Å². The molecule has 1 heterocycles. The summed E-state index contributed by atoms with van der Waals surface area (Å²) in [5.41, 5.74) is 3.32. The lowest BCUT2D eigenvalue weighted by atomic mass is 10.1. The summed E-state index contributed by atoms with van der Waals surface area (Å²) in [6.07, 6.45) is 0.0542. The van der Waals surface area contributed by atoms with Gasteiger partial charge in [0.25, 0.3) is 5.91 Å². The maximum Gasteiger partial charge on any atom is 0.311 e. The van der Waals surface area contributed by atoms with Gasteiger partial charge in [0.2, 0.25) is 5.91 Å². The molecule has 3 rings (SSSR count). The molecule has 0 aromatic heterocycles. The number of esters is 1. The minimum absolute atomic E-state index is 0.0542. The molecule has 0 unspecified atom stereocenters. The molecule has 2 amide bonds. The first kappa shape index (κ1) is 22.8. The fourth-order valence-corrected chi connectivity index (χ4v) is 3.80. The molecule has 31 heavy (non-hydrogen) atoms. The van der Waals surface area contributed by atoms with E-state index in [1.807, 2.05) is 26.8 Å². The van der Waals surface area contributed by atoms with Crippen molar-refractivity contribution in [1.29, 1.82) is 0 Å². The number of amides is 2. The molecule has 0 spiro atoms. The lowest BCUT2D eigenvalue weighted by Crippen LogP contribution is -2.28. The van der Waals surface area contributed by atoms with Crippen LogP contribution in [-0.4, -0.2) is 37.5 Å². The highest BCUT2D eigenvalue weighted by atomic mass is 79.9. The van der Waals surface area contributed by atoms with E-state index in [1.54, 1.807) is 35.2 Å². The van der Waals surface area contributed by atoms with Crippen molar-refractivity contribution in [2.24, 2.45) is 5.92 Å². The molecule has 7 nitrogen and oxygen atoms in total. The van der Waals surface area contributed by atoms with Crippen LogP contribution in [0.5, 0.6) is 5.75 Å². The van der Waals surface area contributed by atoms with E-state index < -0.39 is 24.4 Å². The fraction of sp³-hybridized carbons (Fsp3) is 0.348. The molecule has 0 aliphatic carbocycles. The van der Waals surface area contributed by atoms with E-state index in [0.717, 1.165) is 21.3 Å². The summed E-state index contributed by atoms with van der Waals surface area (Å²) in [5.74, 6) is -1.03. The number of ether oxygens (including phenoxy) is 2. The van der Waals surface area contributed by atoms with Crippen molar-refractivity contribution in [3.8, 4) is 5.75 Å². The smallest absolute Gasteiger partial charge is 0.311 e. The molecule has 0 radical (unpaired) electrons. The molecule has 0 bridgehead atoms. The second kappa shape index (κ2) is 9.96. The molecular formula is C23H25BrN2O5. The molecular weight excluding hydrogens is 464 g/mol. The van der Waals surface area contributed by atoms with Crippen LogP contribution in [-0.2, 0) is 19.1 Å². The van der Waals surface area contributed by atoms with Crippen LogP contribution < -0.4 is 15.0 Å². The van der Waals surface area contributed by atoms with Crippen LogP contribution >= 0.6 is 15.9 Å². The molecule has 1 aliphatic heterocycles. The molecule has 164 valence electrons. The summed E-state index contributed by atoms with van der Waals surface area (Å²) in [4.78, 5) is 38.6. The van der Waals surface area contributed by atoms with E-state index >= 15 is 0 Å². The highest BCUT2D eigenvalue weighted by Gasteiger charge is 2.36. The highest BCUT2D eigenvalue weighted by molar-refractivity contribution is 9.10. The highest BCUT2D eigenvalue weighted by Crippen LogP contribution is 2.28. The molecule has 1 N–H and O–H groups in total. The molecule has 2 aromatic rings. The Labute approximate surface area is 189 Å². The molecule has 1 fully saturated rings. The molecule has 1 atom stereocenters. The van der Waals surface area contributed by atoms with E-state index in [9.17, 15) is 14.4 Å². The fourth-order valence-electron chi connectivity index (χ4n) is 3.37. The Morgan fingerprint density at radius 3 is 2.52 bits per heavy atom. The van der Waals surface area contributed by atoms with Gasteiger partial charge in [-0.15, -0.1) is 0 Å². The summed E-state index contributed by atoms with van der Waals surface area (Å²) in [6, 6.07) is 10.8. The van der Waals surface area contributed by atoms with Gasteiger partial charge in [0.15, 0.2) is 6.61 Å². The van der Waals surface area contributed by atoms with Gasteiger partial charge >= 0.3 is 5.97 Å². The van der Waals surface area contributed by atoms with E-state index in [0.29, 0.717) is 18.0 Å². The van der Waals surface area contributed by atoms with Crippen LogP contribution in [0.15, 0.2) is 40.9 Å². The van der Waals surface area contributed by atoms with Gasteiger partial charge in [-0.25, -0.2) is 0 Å². The first-order valence-corrected chi connectivity index (χ1v) is 10.8. The van der Waals surface area contributed by atoms with Gasteiger partial charge in [-0.2, -0.15) is 0 Å². The quantitative estimate of drug-likeness (QED) is 0.595. The molecule has 1 aliphatic rings. The Balaban J connectivity index is 1.53. The Kier molecular flexibility index (Phi) is 7.33. The van der Waals surface area contributed by atoms with Crippen molar-refractivity contribution in [2.45, 2.75) is 27.2 Å².